The Bertz CT molecular complexity index is 1140. The third-order valence-corrected chi connectivity index (χ3v) is 6.46. The van der Waals surface area contributed by atoms with Crippen LogP contribution in [-0.2, 0) is 9.59 Å². The Kier molecular flexibility index (Phi) is 4.25. The topological polar surface area (TPSA) is 110 Å². The zero-order valence-electron chi connectivity index (χ0n) is 16.6. The Balaban J connectivity index is 1.35. The number of hydrogen-bond donors (Lipinski definition) is 1. The van der Waals surface area contributed by atoms with Gasteiger partial charge < -0.3 is 5.32 Å². The summed E-state index contributed by atoms with van der Waals surface area (Å²) in [6.07, 6.45) is 4.95. The number of anilines is 2. The predicted octanol–water partition coefficient (Wildman–Crippen LogP) is 3.47. The average molecular weight is 417 g/mol. The van der Waals surface area contributed by atoms with Crippen LogP contribution < -0.4 is 10.2 Å². The van der Waals surface area contributed by atoms with E-state index < -0.39 is 10.8 Å². The maximum absolute atomic E-state index is 12.9. The average Bonchev–Trinajstić information content (AvgIpc) is 3.43. The lowest BCUT2D eigenvalue weighted by atomic mass is 9.85. The van der Waals surface area contributed by atoms with Gasteiger partial charge in [0.2, 0.25) is 11.8 Å². The summed E-state index contributed by atoms with van der Waals surface area (Å²) < 4.78 is 0. The van der Waals surface area contributed by atoms with Gasteiger partial charge in [-0.05, 0) is 61.1 Å². The van der Waals surface area contributed by atoms with Gasteiger partial charge in [-0.1, -0.05) is 18.2 Å². The molecule has 2 fully saturated rings. The van der Waals surface area contributed by atoms with E-state index in [0.717, 1.165) is 6.42 Å². The first-order chi connectivity index (χ1) is 14.8. The molecule has 1 N–H and O–H groups in total. The highest BCUT2D eigenvalue weighted by Crippen LogP contribution is 2.53. The summed E-state index contributed by atoms with van der Waals surface area (Å²) >= 11 is 0. The van der Waals surface area contributed by atoms with E-state index >= 15 is 0 Å². The van der Waals surface area contributed by atoms with Crippen LogP contribution in [0.25, 0.3) is 0 Å². The Morgan fingerprint density at radius 2 is 1.65 bits per heavy atom. The largest absolute Gasteiger partial charge is 0.316 e. The predicted molar refractivity (Wildman–Crippen MR) is 112 cm³/mol. The lowest BCUT2D eigenvalue weighted by Gasteiger charge is -2.17. The molecule has 3 amide bonds. The van der Waals surface area contributed by atoms with E-state index in [1.54, 1.807) is 25.1 Å². The first-order valence-corrected chi connectivity index (χ1v) is 10.1. The number of nitrogens with one attached hydrogen (secondary N) is 1. The van der Waals surface area contributed by atoms with Crippen LogP contribution in [0.4, 0.5) is 17.1 Å². The molecule has 156 valence electrons. The van der Waals surface area contributed by atoms with Gasteiger partial charge >= 0.3 is 0 Å². The number of carbonyl (C=O) groups is 3. The minimum absolute atomic E-state index is 0.102. The van der Waals surface area contributed by atoms with Crippen LogP contribution in [0.15, 0.2) is 54.6 Å². The SMILES string of the molecule is Cc1ccc(NC(=O)c2ccc(N3C(=O)[C@@H]4[C@H](C3=O)[C@H]3C=C[C@H]4C3)cc2)c([N+](=O)[O-])c1. The summed E-state index contributed by atoms with van der Waals surface area (Å²) in [5.74, 6) is -1.19. The summed E-state index contributed by atoms with van der Waals surface area (Å²) in [5.41, 5.74) is 1.32. The number of fused-ring (bicyclic) bond motifs is 5. The number of allylic oxidation sites excluding steroid dienone is 2. The van der Waals surface area contributed by atoms with Crippen LogP contribution in [0.1, 0.15) is 22.3 Å². The molecule has 0 radical (unpaired) electrons. The lowest BCUT2D eigenvalue weighted by molar-refractivity contribution is -0.384. The van der Waals surface area contributed by atoms with Gasteiger partial charge in [0.15, 0.2) is 0 Å². The number of hydrogen-bond acceptors (Lipinski definition) is 5. The van der Waals surface area contributed by atoms with Gasteiger partial charge in [0.1, 0.15) is 5.69 Å². The van der Waals surface area contributed by atoms with E-state index in [-0.39, 0.29) is 52.4 Å². The second-order valence-electron chi connectivity index (χ2n) is 8.29. The molecule has 0 spiro atoms. The highest BCUT2D eigenvalue weighted by Gasteiger charge is 2.59. The number of benzene rings is 2. The molecule has 1 saturated carbocycles. The van der Waals surface area contributed by atoms with Crippen molar-refractivity contribution < 1.29 is 19.3 Å². The summed E-state index contributed by atoms with van der Waals surface area (Å²) in [4.78, 5) is 50.4. The molecule has 8 nitrogen and oxygen atoms in total. The molecule has 8 heteroatoms. The number of carbonyl (C=O) groups excluding carboxylic acids is 3. The third-order valence-electron chi connectivity index (χ3n) is 6.46. The first-order valence-electron chi connectivity index (χ1n) is 10.1. The van der Waals surface area contributed by atoms with E-state index in [1.165, 1.54) is 29.2 Å². The number of nitro benzene ring substituents is 1. The highest BCUT2D eigenvalue weighted by molar-refractivity contribution is 6.23. The van der Waals surface area contributed by atoms with Gasteiger partial charge in [-0.3, -0.25) is 29.4 Å². The van der Waals surface area contributed by atoms with Crippen LogP contribution in [0.2, 0.25) is 0 Å². The zero-order chi connectivity index (χ0) is 21.9. The molecule has 0 aromatic heterocycles. The Morgan fingerprint density at radius 1 is 1.03 bits per heavy atom. The molecule has 1 heterocycles. The first kappa shape index (κ1) is 19.2. The fraction of sp³-hybridized carbons (Fsp3) is 0.261. The van der Waals surface area contributed by atoms with E-state index in [9.17, 15) is 24.5 Å². The van der Waals surface area contributed by atoms with Crippen LogP contribution in [0.5, 0.6) is 0 Å². The fourth-order valence-electron chi connectivity index (χ4n) is 5.01. The second-order valence-corrected chi connectivity index (χ2v) is 8.29. The molecule has 4 atom stereocenters. The number of nitro groups is 1. The molecule has 0 unspecified atom stereocenters. The molecule has 2 bridgehead atoms. The van der Waals surface area contributed by atoms with Crippen molar-refractivity contribution in [1.82, 2.24) is 0 Å². The fourth-order valence-corrected chi connectivity index (χ4v) is 5.01. The standard InChI is InChI=1S/C23H19N3O5/c1-12-2-9-17(18(10-12)26(30)31)24-21(27)13-5-7-16(8-6-13)25-22(28)19-14-3-4-15(11-14)20(19)23(25)29/h2-10,14-15,19-20H,11H2,1H3,(H,24,27)/t14-,15-,19-,20+/m0/s1. The summed E-state index contributed by atoms with van der Waals surface area (Å²) in [6, 6.07) is 10.7. The second kappa shape index (κ2) is 6.87. The van der Waals surface area contributed by atoms with Crippen molar-refractivity contribution in [2.24, 2.45) is 23.7 Å². The molecular formula is C23H19N3O5. The molecule has 2 aromatic rings. The van der Waals surface area contributed by atoms with E-state index in [0.29, 0.717) is 11.3 Å². The minimum atomic E-state index is -0.546. The Labute approximate surface area is 177 Å². The van der Waals surface area contributed by atoms with Crippen LogP contribution >= 0.6 is 0 Å². The normalized spacial score (nSPS) is 25.8. The number of amides is 3. The van der Waals surface area contributed by atoms with Crippen LogP contribution in [0.3, 0.4) is 0 Å². The van der Waals surface area contributed by atoms with Crippen molar-refractivity contribution in [1.29, 1.82) is 0 Å². The van der Waals surface area contributed by atoms with Gasteiger partial charge in [0.25, 0.3) is 11.6 Å². The maximum Gasteiger partial charge on any atom is 0.293 e. The van der Waals surface area contributed by atoms with E-state index in [2.05, 4.69) is 5.32 Å². The van der Waals surface area contributed by atoms with Crippen molar-refractivity contribution in [3.05, 3.63) is 75.9 Å². The molecule has 1 aliphatic heterocycles. The summed E-state index contributed by atoms with van der Waals surface area (Å²) in [5, 5.41) is 13.8. The molecule has 2 aromatic carbocycles. The maximum atomic E-state index is 12.9. The minimum Gasteiger partial charge on any atom is -0.316 e. The van der Waals surface area contributed by atoms with Crippen LogP contribution in [0, 0.1) is 40.7 Å². The van der Waals surface area contributed by atoms with Gasteiger partial charge in [0.05, 0.1) is 22.4 Å². The Hall–Kier alpha value is -3.81. The van der Waals surface area contributed by atoms with Gasteiger partial charge in [-0.15, -0.1) is 0 Å². The van der Waals surface area contributed by atoms with Crippen molar-refractivity contribution in [2.45, 2.75) is 13.3 Å². The van der Waals surface area contributed by atoms with E-state index in [4.69, 9.17) is 0 Å². The molecule has 2 aliphatic carbocycles. The van der Waals surface area contributed by atoms with Gasteiger partial charge in [-0.2, -0.15) is 0 Å². The van der Waals surface area contributed by atoms with Gasteiger partial charge in [-0.25, -0.2) is 0 Å². The van der Waals surface area contributed by atoms with Crippen molar-refractivity contribution >= 4 is 34.8 Å². The van der Waals surface area contributed by atoms with Crippen molar-refractivity contribution in [2.75, 3.05) is 10.2 Å². The Morgan fingerprint density at radius 3 is 2.23 bits per heavy atom. The zero-order valence-corrected chi connectivity index (χ0v) is 16.6. The number of aryl methyl sites for hydroxylation is 1. The molecule has 3 aliphatic rings. The van der Waals surface area contributed by atoms with Gasteiger partial charge in [0, 0.05) is 11.6 Å². The molecular weight excluding hydrogens is 398 g/mol. The van der Waals surface area contributed by atoms with E-state index in [1.807, 2.05) is 12.2 Å². The number of rotatable bonds is 4. The van der Waals surface area contributed by atoms with Crippen molar-refractivity contribution in [3.8, 4) is 0 Å². The summed E-state index contributed by atoms with van der Waals surface area (Å²) in [6.45, 7) is 1.73. The third kappa shape index (κ3) is 2.94. The highest BCUT2D eigenvalue weighted by atomic mass is 16.6. The number of nitrogens with zero attached hydrogens (tertiary/aromatic N) is 2. The van der Waals surface area contributed by atoms with Crippen molar-refractivity contribution in [3.63, 3.8) is 0 Å². The molecule has 1 saturated heterocycles. The quantitative estimate of drug-likeness (QED) is 0.355. The molecule has 5 rings (SSSR count). The number of imide groups is 1. The monoisotopic (exact) mass is 417 g/mol. The smallest absolute Gasteiger partial charge is 0.293 e. The molecule has 31 heavy (non-hydrogen) atoms. The lowest BCUT2D eigenvalue weighted by Crippen LogP contribution is -2.32. The summed E-state index contributed by atoms with van der Waals surface area (Å²) in [7, 11) is 0. The van der Waals surface area contributed by atoms with Crippen LogP contribution in [-0.4, -0.2) is 22.6 Å².